The highest BCUT2D eigenvalue weighted by molar-refractivity contribution is 6.01. The Bertz CT molecular complexity index is 1350. The van der Waals surface area contributed by atoms with Gasteiger partial charge in [-0.1, -0.05) is 32.5 Å². The molecule has 37 heavy (non-hydrogen) atoms. The van der Waals surface area contributed by atoms with Crippen LogP contribution in [0.15, 0.2) is 47.8 Å². The highest BCUT2D eigenvalue weighted by Gasteiger charge is 2.32. The van der Waals surface area contributed by atoms with Crippen molar-refractivity contribution in [1.82, 2.24) is 35.8 Å². The molecule has 3 aromatic heterocycles. The Morgan fingerprint density at radius 3 is 2.81 bits per heavy atom. The largest absolute Gasteiger partial charge is 0.338 e. The van der Waals surface area contributed by atoms with E-state index in [9.17, 15) is 9.59 Å². The van der Waals surface area contributed by atoms with Crippen molar-refractivity contribution >= 4 is 23.5 Å². The van der Waals surface area contributed by atoms with E-state index in [1.165, 1.54) is 6.08 Å². The predicted molar refractivity (Wildman–Crippen MR) is 136 cm³/mol. The Hall–Kier alpha value is -4.16. The lowest BCUT2D eigenvalue weighted by Crippen LogP contribution is -2.41. The first-order valence-corrected chi connectivity index (χ1v) is 12.0. The highest BCUT2D eigenvalue weighted by Crippen LogP contribution is 2.36. The van der Waals surface area contributed by atoms with Crippen LogP contribution in [-0.4, -0.2) is 56.0 Å². The van der Waals surface area contributed by atoms with Gasteiger partial charge in [0, 0.05) is 42.5 Å². The number of pyridine rings is 2. The summed E-state index contributed by atoms with van der Waals surface area (Å²) in [7, 11) is 0. The number of amides is 2. The molecule has 2 aliphatic heterocycles. The summed E-state index contributed by atoms with van der Waals surface area (Å²) in [5, 5.41) is 10.1. The lowest BCUT2D eigenvalue weighted by atomic mass is 9.97. The number of carbonyl (C=O) groups is 2. The second kappa shape index (κ2) is 9.71. The minimum atomic E-state index is -0.508. The van der Waals surface area contributed by atoms with E-state index in [2.05, 4.69) is 48.2 Å². The number of nitrogens with one attached hydrogen (secondary N) is 4. The third-order valence-electron chi connectivity index (χ3n) is 6.27. The Kier molecular flexibility index (Phi) is 6.44. The predicted octanol–water partition coefficient (Wildman–Crippen LogP) is 2.38. The lowest BCUT2D eigenvalue weighted by molar-refractivity contribution is -0.125. The number of hydrazine groups is 1. The number of carbonyl (C=O) groups excluding carboxylic acids is 2. The second-order valence-electron chi connectivity index (χ2n) is 10.0. The molecular weight excluding hydrogens is 474 g/mol. The summed E-state index contributed by atoms with van der Waals surface area (Å²) in [5.74, 6) is 0.812. The molecule has 0 aliphatic carbocycles. The van der Waals surface area contributed by atoms with E-state index in [4.69, 9.17) is 4.52 Å². The molecule has 2 amide bonds. The normalized spacial score (nSPS) is 18.8. The van der Waals surface area contributed by atoms with Gasteiger partial charge < -0.3 is 20.2 Å². The van der Waals surface area contributed by atoms with Crippen LogP contribution in [0, 0.1) is 0 Å². The molecule has 5 heterocycles. The monoisotopic (exact) mass is 503 g/mol. The first-order valence-electron chi connectivity index (χ1n) is 12.0. The van der Waals surface area contributed by atoms with Crippen LogP contribution >= 0.6 is 0 Å². The zero-order chi connectivity index (χ0) is 26.2. The molecule has 1 fully saturated rings. The molecule has 3 aromatic rings. The van der Waals surface area contributed by atoms with Gasteiger partial charge in [-0.25, -0.2) is 15.4 Å². The molecule has 0 spiro atoms. The van der Waals surface area contributed by atoms with Crippen molar-refractivity contribution in [2.24, 2.45) is 0 Å². The molecule has 0 saturated carbocycles. The highest BCUT2D eigenvalue weighted by atomic mass is 16.5. The van der Waals surface area contributed by atoms with Gasteiger partial charge in [-0.15, -0.1) is 0 Å². The van der Waals surface area contributed by atoms with Crippen molar-refractivity contribution in [3.8, 4) is 11.1 Å². The summed E-state index contributed by atoms with van der Waals surface area (Å²) in [6, 6.07) is 5.68. The number of anilines is 2. The van der Waals surface area contributed by atoms with Crippen molar-refractivity contribution in [3.63, 3.8) is 0 Å². The van der Waals surface area contributed by atoms with Gasteiger partial charge in [0.2, 0.25) is 11.8 Å². The minimum Gasteiger partial charge on any atom is -0.338 e. The smallest absolute Gasteiger partial charge is 0.298 e. The van der Waals surface area contributed by atoms with E-state index in [-0.39, 0.29) is 29.4 Å². The van der Waals surface area contributed by atoms with Crippen LogP contribution in [0.2, 0.25) is 0 Å². The zero-order valence-electron chi connectivity index (χ0n) is 20.9. The van der Waals surface area contributed by atoms with E-state index < -0.39 is 5.91 Å². The molecule has 12 nitrogen and oxygen atoms in total. The van der Waals surface area contributed by atoms with Crippen molar-refractivity contribution in [3.05, 3.63) is 60.5 Å². The first kappa shape index (κ1) is 24.5. The number of likely N-dealkylation sites (tertiary alicyclic amines) is 1. The maximum Gasteiger partial charge on any atom is 0.298 e. The molecule has 0 radical (unpaired) electrons. The SMILES string of the molecule is C=CC(=O)N1CC[C@@H](NC2NNc3nccc(-c4ccnc(NC(=O)c5noc(C(C)(C)C)n5)c4)c32)C1. The quantitative estimate of drug-likeness (QED) is 0.369. The van der Waals surface area contributed by atoms with Crippen LogP contribution in [-0.2, 0) is 10.2 Å². The molecular formula is C25H29N9O3. The molecule has 192 valence electrons. The van der Waals surface area contributed by atoms with E-state index in [1.54, 1.807) is 23.4 Å². The molecule has 2 atom stereocenters. The molecule has 12 heteroatoms. The summed E-state index contributed by atoms with van der Waals surface area (Å²) >= 11 is 0. The zero-order valence-corrected chi connectivity index (χ0v) is 20.9. The van der Waals surface area contributed by atoms with Crippen LogP contribution in [0.5, 0.6) is 0 Å². The lowest BCUT2D eigenvalue weighted by Gasteiger charge is -2.21. The molecule has 5 rings (SSSR count). The van der Waals surface area contributed by atoms with Crippen molar-refractivity contribution in [2.75, 3.05) is 23.8 Å². The van der Waals surface area contributed by atoms with E-state index in [1.807, 2.05) is 32.9 Å². The number of hydrogen-bond acceptors (Lipinski definition) is 10. The number of fused-ring (bicyclic) bond motifs is 1. The van der Waals surface area contributed by atoms with Crippen LogP contribution in [0.3, 0.4) is 0 Å². The fourth-order valence-electron chi connectivity index (χ4n) is 4.37. The fraction of sp³-hybridized carbons (Fsp3) is 0.360. The van der Waals surface area contributed by atoms with Crippen LogP contribution in [0.1, 0.15) is 55.4 Å². The number of hydrogen-bond donors (Lipinski definition) is 4. The third kappa shape index (κ3) is 5.06. The average Bonchev–Trinajstić information content (AvgIpc) is 3.64. The molecule has 0 aromatic carbocycles. The summed E-state index contributed by atoms with van der Waals surface area (Å²) < 4.78 is 5.23. The van der Waals surface area contributed by atoms with Crippen molar-refractivity contribution in [2.45, 2.75) is 44.8 Å². The third-order valence-corrected chi connectivity index (χ3v) is 6.27. The number of nitrogens with zero attached hydrogens (tertiary/aromatic N) is 5. The summed E-state index contributed by atoms with van der Waals surface area (Å²) in [6.45, 7) is 10.6. The molecule has 1 saturated heterocycles. The summed E-state index contributed by atoms with van der Waals surface area (Å²) in [5.41, 5.74) is 8.71. The van der Waals surface area contributed by atoms with Crippen molar-refractivity contribution < 1.29 is 14.1 Å². The number of rotatable bonds is 6. The topological polar surface area (TPSA) is 150 Å². The van der Waals surface area contributed by atoms with Gasteiger partial charge in [0.25, 0.3) is 11.7 Å². The Labute approximate surface area is 213 Å². The Balaban J connectivity index is 1.34. The fourth-order valence-corrected chi connectivity index (χ4v) is 4.37. The Morgan fingerprint density at radius 2 is 2.05 bits per heavy atom. The van der Waals surface area contributed by atoms with E-state index in [0.29, 0.717) is 30.6 Å². The van der Waals surface area contributed by atoms with Gasteiger partial charge in [-0.3, -0.25) is 14.9 Å². The van der Waals surface area contributed by atoms with Crippen LogP contribution in [0.25, 0.3) is 11.1 Å². The standard InChI is InChI=1S/C25H29N9O3/c1-5-18(35)34-11-8-15(13-34)28-21-19-16(7-10-27-20(19)31-32-21)14-6-9-26-17(12-14)29-23(36)22-30-24(37-33-22)25(2,3)4/h5-7,9-10,12,15,21,28,32H,1,8,11,13H2,2-4H3,(H,27,31)(H,26,29,36)/t15-,21?/m1/s1. The van der Waals surface area contributed by atoms with E-state index >= 15 is 0 Å². The van der Waals surface area contributed by atoms with Gasteiger partial charge in [0.15, 0.2) is 0 Å². The molecule has 1 unspecified atom stereocenters. The summed E-state index contributed by atoms with van der Waals surface area (Å²) in [4.78, 5) is 39.4. The maximum absolute atomic E-state index is 12.7. The first-order chi connectivity index (χ1) is 17.7. The van der Waals surface area contributed by atoms with Gasteiger partial charge in [-0.05, 0) is 41.8 Å². The van der Waals surface area contributed by atoms with Crippen molar-refractivity contribution in [1.29, 1.82) is 0 Å². The van der Waals surface area contributed by atoms with E-state index in [0.717, 1.165) is 23.1 Å². The molecule has 0 bridgehead atoms. The molecule has 2 aliphatic rings. The average molecular weight is 504 g/mol. The minimum absolute atomic E-state index is 0.0554. The summed E-state index contributed by atoms with van der Waals surface area (Å²) in [6.07, 6.45) is 5.29. The Morgan fingerprint density at radius 1 is 1.24 bits per heavy atom. The van der Waals surface area contributed by atoms with Gasteiger partial charge in [0.05, 0.1) is 0 Å². The van der Waals surface area contributed by atoms with Crippen LogP contribution in [0.4, 0.5) is 11.6 Å². The van der Waals surface area contributed by atoms with Gasteiger partial charge in [-0.2, -0.15) is 4.98 Å². The van der Waals surface area contributed by atoms with Gasteiger partial charge >= 0.3 is 0 Å². The molecule has 4 N–H and O–H groups in total. The second-order valence-corrected chi connectivity index (χ2v) is 10.0. The maximum atomic E-state index is 12.7. The van der Waals surface area contributed by atoms with Crippen LogP contribution < -0.4 is 21.5 Å². The van der Waals surface area contributed by atoms with Gasteiger partial charge in [0.1, 0.15) is 17.8 Å². The number of aromatic nitrogens is 4.